The lowest BCUT2D eigenvalue weighted by Gasteiger charge is -2.12. The molecule has 0 spiro atoms. The van der Waals surface area contributed by atoms with Crippen molar-refractivity contribution >= 4 is 40.0 Å². The van der Waals surface area contributed by atoms with E-state index in [1.807, 2.05) is 55.5 Å². The van der Waals surface area contributed by atoms with Crippen LogP contribution in [-0.4, -0.2) is 32.8 Å². The quantitative estimate of drug-likeness (QED) is 0.242. The zero-order chi connectivity index (χ0) is 24.0. The molecule has 8 heteroatoms. The second-order valence-corrected chi connectivity index (χ2v) is 9.15. The molecule has 7 nitrogen and oxygen atoms in total. The summed E-state index contributed by atoms with van der Waals surface area (Å²) in [6.07, 6.45) is 1.75. The van der Waals surface area contributed by atoms with Gasteiger partial charge in [0.15, 0.2) is 5.82 Å². The minimum absolute atomic E-state index is 0.113. The van der Waals surface area contributed by atoms with E-state index in [-0.39, 0.29) is 6.04 Å². The first-order valence-electron chi connectivity index (χ1n) is 11.3. The van der Waals surface area contributed by atoms with Gasteiger partial charge in [-0.3, -0.25) is 0 Å². The molecule has 0 saturated carbocycles. The lowest BCUT2D eigenvalue weighted by molar-refractivity contribution is 0.786. The molecule has 0 fully saturated rings. The Hall–Kier alpha value is -4.01. The average molecular weight is 480 g/mol. The second kappa shape index (κ2) is 10.5. The van der Waals surface area contributed by atoms with Crippen LogP contribution >= 0.6 is 11.8 Å². The average Bonchev–Trinajstić information content (AvgIpc) is 2.90. The van der Waals surface area contributed by atoms with Crippen LogP contribution in [0.3, 0.4) is 0 Å². The van der Waals surface area contributed by atoms with Crippen LogP contribution in [-0.2, 0) is 0 Å². The van der Waals surface area contributed by atoms with Crippen molar-refractivity contribution in [1.29, 1.82) is 0 Å². The molecular formula is C27H25N7S. The highest BCUT2D eigenvalue weighted by molar-refractivity contribution is 7.99. The minimum Gasteiger partial charge on any atom is -0.350 e. The van der Waals surface area contributed by atoms with Gasteiger partial charge in [0, 0.05) is 45.7 Å². The van der Waals surface area contributed by atoms with Gasteiger partial charge < -0.3 is 16.4 Å². The first-order chi connectivity index (χ1) is 17.2. The summed E-state index contributed by atoms with van der Waals surface area (Å²) in [5, 5.41) is 18.6. The SMILES string of the molecule is CC(CN)Nc1nccc(Sc2ccc(Nc3nnc(-c4ccccc4)c4ccccc34)cc2)n1. The molecule has 0 bridgehead atoms. The monoisotopic (exact) mass is 479 g/mol. The number of hydrogen-bond acceptors (Lipinski definition) is 8. The number of fused-ring (bicyclic) bond motifs is 1. The molecule has 5 rings (SSSR count). The van der Waals surface area contributed by atoms with Gasteiger partial charge in [-0.1, -0.05) is 66.4 Å². The van der Waals surface area contributed by atoms with E-state index in [4.69, 9.17) is 5.73 Å². The highest BCUT2D eigenvalue weighted by atomic mass is 32.2. The molecule has 0 amide bonds. The van der Waals surface area contributed by atoms with E-state index in [1.165, 1.54) is 0 Å². The Balaban J connectivity index is 1.34. The number of nitrogens with zero attached hydrogens (tertiary/aromatic N) is 4. The van der Waals surface area contributed by atoms with Gasteiger partial charge in [0.2, 0.25) is 5.95 Å². The smallest absolute Gasteiger partial charge is 0.223 e. The van der Waals surface area contributed by atoms with Gasteiger partial charge in [-0.15, -0.1) is 10.2 Å². The summed E-state index contributed by atoms with van der Waals surface area (Å²) in [6.45, 7) is 2.52. The zero-order valence-electron chi connectivity index (χ0n) is 19.2. The Morgan fingerprint density at radius 2 is 1.60 bits per heavy atom. The molecule has 0 aliphatic rings. The molecule has 0 saturated heterocycles. The van der Waals surface area contributed by atoms with Crippen molar-refractivity contribution in [3.63, 3.8) is 0 Å². The van der Waals surface area contributed by atoms with Gasteiger partial charge in [-0.2, -0.15) is 0 Å². The number of aromatic nitrogens is 4. The number of benzene rings is 3. The summed E-state index contributed by atoms with van der Waals surface area (Å²) >= 11 is 1.58. The molecule has 0 aliphatic carbocycles. The van der Waals surface area contributed by atoms with Crippen LogP contribution in [0.15, 0.2) is 101 Å². The van der Waals surface area contributed by atoms with Crippen LogP contribution in [0, 0.1) is 0 Å². The van der Waals surface area contributed by atoms with E-state index in [9.17, 15) is 0 Å². The molecule has 1 atom stereocenters. The zero-order valence-corrected chi connectivity index (χ0v) is 20.0. The number of rotatable bonds is 8. The van der Waals surface area contributed by atoms with Gasteiger partial charge in [0.05, 0.1) is 0 Å². The van der Waals surface area contributed by atoms with Crippen molar-refractivity contribution in [3.8, 4) is 11.3 Å². The summed E-state index contributed by atoms with van der Waals surface area (Å²) in [5.41, 5.74) is 8.53. The number of nitrogens with two attached hydrogens (primary N) is 1. The molecule has 3 aromatic carbocycles. The van der Waals surface area contributed by atoms with Crippen LogP contribution in [0.4, 0.5) is 17.5 Å². The number of hydrogen-bond donors (Lipinski definition) is 3. The predicted molar refractivity (Wildman–Crippen MR) is 143 cm³/mol. The molecule has 5 aromatic rings. The second-order valence-electron chi connectivity index (χ2n) is 8.06. The third kappa shape index (κ3) is 5.40. The van der Waals surface area contributed by atoms with Crippen molar-refractivity contribution < 1.29 is 0 Å². The Morgan fingerprint density at radius 1 is 0.857 bits per heavy atom. The van der Waals surface area contributed by atoms with Gasteiger partial charge >= 0.3 is 0 Å². The Kier molecular flexibility index (Phi) is 6.83. The highest BCUT2D eigenvalue weighted by Crippen LogP contribution is 2.32. The molecule has 0 aliphatic heterocycles. The largest absolute Gasteiger partial charge is 0.350 e. The van der Waals surface area contributed by atoms with Gasteiger partial charge in [0.1, 0.15) is 10.7 Å². The third-order valence-corrected chi connectivity index (χ3v) is 6.38. The lowest BCUT2D eigenvalue weighted by atomic mass is 10.0. The van der Waals surface area contributed by atoms with Gasteiger partial charge in [0.25, 0.3) is 0 Å². The van der Waals surface area contributed by atoms with E-state index < -0.39 is 0 Å². The summed E-state index contributed by atoms with van der Waals surface area (Å²) in [7, 11) is 0. The maximum Gasteiger partial charge on any atom is 0.223 e. The third-order valence-electron chi connectivity index (χ3n) is 5.43. The Bertz CT molecular complexity index is 1430. The van der Waals surface area contributed by atoms with Crippen LogP contribution in [0.25, 0.3) is 22.0 Å². The Labute approximate surface area is 208 Å². The Morgan fingerprint density at radius 3 is 2.37 bits per heavy atom. The molecule has 174 valence electrons. The fraction of sp³-hybridized carbons (Fsp3) is 0.111. The fourth-order valence-corrected chi connectivity index (χ4v) is 4.39. The first-order valence-corrected chi connectivity index (χ1v) is 12.2. The van der Waals surface area contributed by atoms with Crippen molar-refractivity contribution in [2.24, 2.45) is 5.73 Å². The van der Waals surface area contributed by atoms with Crippen molar-refractivity contribution in [1.82, 2.24) is 20.2 Å². The van der Waals surface area contributed by atoms with Crippen LogP contribution in [0.5, 0.6) is 0 Å². The molecular weight excluding hydrogens is 454 g/mol. The van der Waals surface area contributed by atoms with Crippen molar-refractivity contribution in [3.05, 3.63) is 91.1 Å². The van der Waals surface area contributed by atoms with E-state index in [2.05, 4.69) is 67.2 Å². The molecule has 2 heterocycles. The number of anilines is 3. The lowest BCUT2D eigenvalue weighted by Crippen LogP contribution is -2.26. The maximum absolute atomic E-state index is 5.68. The van der Waals surface area contributed by atoms with Crippen LogP contribution < -0.4 is 16.4 Å². The maximum atomic E-state index is 5.68. The van der Waals surface area contributed by atoms with Crippen LogP contribution in [0.1, 0.15) is 6.92 Å². The van der Waals surface area contributed by atoms with Crippen molar-refractivity contribution in [2.45, 2.75) is 22.9 Å². The normalized spacial score (nSPS) is 11.8. The van der Waals surface area contributed by atoms with Crippen LogP contribution in [0.2, 0.25) is 0 Å². The number of nitrogens with one attached hydrogen (secondary N) is 2. The topological polar surface area (TPSA) is 102 Å². The minimum atomic E-state index is 0.113. The summed E-state index contributed by atoms with van der Waals surface area (Å²) in [6, 6.07) is 28.5. The molecule has 2 aromatic heterocycles. The molecule has 4 N–H and O–H groups in total. The van der Waals surface area contributed by atoms with E-state index >= 15 is 0 Å². The predicted octanol–water partition coefficient (Wildman–Crippen LogP) is 5.74. The fourth-order valence-electron chi connectivity index (χ4n) is 3.62. The summed E-state index contributed by atoms with van der Waals surface area (Å²) in [4.78, 5) is 9.90. The standard InChI is InChI=1S/C27H25N7S/c1-18(17-28)30-27-29-16-15-24(32-27)35-21-13-11-20(12-14-21)31-26-23-10-6-5-9-22(23)25(33-34-26)19-7-3-2-4-8-19/h2-16,18H,17,28H2,1H3,(H,31,34)(H,29,30,32). The summed E-state index contributed by atoms with van der Waals surface area (Å²) in [5.74, 6) is 1.30. The van der Waals surface area contributed by atoms with E-state index in [1.54, 1.807) is 18.0 Å². The molecule has 1 unspecified atom stereocenters. The van der Waals surface area contributed by atoms with E-state index in [0.29, 0.717) is 12.5 Å². The van der Waals surface area contributed by atoms with Gasteiger partial charge in [-0.25, -0.2) is 9.97 Å². The summed E-state index contributed by atoms with van der Waals surface area (Å²) < 4.78 is 0. The van der Waals surface area contributed by atoms with E-state index in [0.717, 1.165) is 43.5 Å². The highest BCUT2D eigenvalue weighted by Gasteiger charge is 2.11. The molecule has 0 radical (unpaired) electrons. The first kappa shape index (κ1) is 22.8. The van der Waals surface area contributed by atoms with Gasteiger partial charge in [-0.05, 0) is 37.3 Å². The van der Waals surface area contributed by atoms with Crippen molar-refractivity contribution in [2.75, 3.05) is 17.2 Å². The molecule has 35 heavy (non-hydrogen) atoms.